The number of carbonyl (C=O) groups excluding carboxylic acids is 1. The van der Waals surface area contributed by atoms with Gasteiger partial charge < -0.3 is 20.3 Å². The molecule has 1 amide bonds. The van der Waals surface area contributed by atoms with Crippen LogP contribution in [0.4, 0.5) is 0 Å². The maximum Gasteiger partial charge on any atom is 0.243 e. The molecule has 0 aromatic rings. The van der Waals surface area contributed by atoms with Crippen LogP contribution < -0.4 is 10.6 Å². The van der Waals surface area contributed by atoms with Gasteiger partial charge in [-0.25, -0.2) is 4.99 Å². The highest BCUT2D eigenvalue weighted by atomic mass is 127. The molecule has 2 bridgehead atoms. The zero-order valence-electron chi connectivity index (χ0n) is 17.9. The molecule has 3 saturated carbocycles. The van der Waals surface area contributed by atoms with Crippen LogP contribution in [0.1, 0.15) is 65.2 Å². The van der Waals surface area contributed by atoms with Gasteiger partial charge in [0.1, 0.15) is 6.54 Å². The number of nitrogens with one attached hydrogen (secondary N) is 2. The second-order valence-electron chi connectivity index (χ2n) is 9.18. The van der Waals surface area contributed by atoms with Crippen molar-refractivity contribution in [3.8, 4) is 0 Å². The molecule has 3 fully saturated rings. The van der Waals surface area contributed by atoms with E-state index in [1.807, 2.05) is 0 Å². The average Bonchev–Trinajstić information content (AvgIpc) is 3.23. The molecule has 0 radical (unpaired) electrons. The normalized spacial score (nSPS) is 32.2. The van der Waals surface area contributed by atoms with Crippen LogP contribution in [0.25, 0.3) is 0 Å². The lowest BCUT2D eigenvalue weighted by molar-refractivity contribution is -0.127. The molecule has 3 aliphatic rings. The number of likely N-dealkylation sites (N-methyl/N-ethyl adjacent to an activating group) is 1. The number of guanidine groups is 1. The van der Waals surface area contributed by atoms with Crippen molar-refractivity contribution in [3.05, 3.63) is 0 Å². The zero-order chi connectivity index (χ0) is 19.4. The van der Waals surface area contributed by atoms with Gasteiger partial charge >= 0.3 is 0 Å². The Labute approximate surface area is 187 Å². The van der Waals surface area contributed by atoms with E-state index in [-0.39, 0.29) is 36.4 Å². The van der Waals surface area contributed by atoms with E-state index in [9.17, 15) is 4.79 Å². The van der Waals surface area contributed by atoms with Crippen molar-refractivity contribution in [2.45, 2.75) is 89.5 Å². The largest absolute Gasteiger partial charge is 0.376 e. The van der Waals surface area contributed by atoms with E-state index in [0.29, 0.717) is 24.3 Å². The third-order valence-corrected chi connectivity index (χ3v) is 6.41. The molecule has 0 heterocycles. The molecular weight excluding hydrogens is 467 g/mol. The van der Waals surface area contributed by atoms with E-state index >= 15 is 0 Å². The maximum absolute atomic E-state index is 12.0. The Kier molecular flexibility index (Phi) is 9.31. The van der Waals surface area contributed by atoms with Crippen LogP contribution >= 0.6 is 24.0 Å². The minimum atomic E-state index is 0. The number of amides is 1. The Balaban J connectivity index is 0.00000280. The van der Waals surface area contributed by atoms with Crippen molar-refractivity contribution < 1.29 is 9.53 Å². The highest BCUT2D eigenvalue weighted by Crippen LogP contribution is 2.44. The number of nitrogens with zero attached hydrogens (tertiary/aromatic N) is 2. The Bertz CT molecular complexity index is 532. The highest BCUT2D eigenvalue weighted by Gasteiger charge is 2.40. The van der Waals surface area contributed by atoms with E-state index < -0.39 is 0 Å². The third kappa shape index (κ3) is 6.75. The van der Waals surface area contributed by atoms with Crippen molar-refractivity contribution in [3.63, 3.8) is 0 Å². The number of aliphatic imine (C=N–C) groups is 1. The maximum atomic E-state index is 12.0. The molecular formula is C21H39IN4O2. The van der Waals surface area contributed by atoms with Gasteiger partial charge in [-0.3, -0.25) is 4.79 Å². The SMILES string of the molecule is CC(C)OC1CCC(NC(=NCC(=O)N(C)C)NC2CC3CCC2C3)CC1.I. The highest BCUT2D eigenvalue weighted by molar-refractivity contribution is 14.0. The summed E-state index contributed by atoms with van der Waals surface area (Å²) in [5, 5.41) is 7.29. The van der Waals surface area contributed by atoms with Gasteiger partial charge in [-0.05, 0) is 70.6 Å². The molecule has 0 saturated heterocycles. The van der Waals surface area contributed by atoms with Gasteiger partial charge in [0.25, 0.3) is 0 Å². The molecule has 7 heteroatoms. The third-order valence-electron chi connectivity index (χ3n) is 6.41. The van der Waals surface area contributed by atoms with E-state index in [1.165, 1.54) is 25.7 Å². The first kappa shape index (κ1) is 23.7. The molecule has 3 atom stereocenters. The second kappa shape index (κ2) is 11.0. The Hall–Kier alpha value is -0.570. The van der Waals surface area contributed by atoms with Crippen molar-refractivity contribution >= 4 is 35.8 Å². The monoisotopic (exact) mass is 506 g/mol. The van der Waals surface area contributed by atoms with Crippen LogP contribution in [0.3, 0.4) is 0 Å². The standard InChI is InChI=1S/C21H38N4O2.HI/c1-14(2)27-18-9-7-17(8-10-18)23-21(22-13-20(26)25(3)4)24-19-12-15-5-6-16(19)11-15;/h14-19H,5-13H2,1-4H3,(H2,22,23,24);1H. The summed E-state index contributed by atoms with van der Waals surface area (Å²) in [5.74, 6) is 2.54. The van der Waals surface area contributed by atoms with Crippen LogP contribution in [0.15, 0.2) is 4.99 Å². The van der Waals surface area contributed by atoms with Crippen LogP contribution in [-0.2, 0) is 9.53 Å². The number of carbonyl (C=O) groups is 1. The summed E-state index contributed by atoms with van der Waals surface area (Å²) in [6.45, 7) is 4.42. The molecule has 0 aliphatic heterocycles. The second-order valence-corrected chi connectivity index (χ2v) is 9.18. The smallest absolute Gasteiger partial charge is 0.243 e. The van der Waals surface area contributed by atoms with Gasteiger partial charge in [0.05, 0.1) is 12.2 Å². The summed E-state index contributed by atoms with van der Waals surface area (Å²) in [6, 6.07) is 0.932. The van der Waals surface area contributed by atoms with E-state index in [4.69, 9.17) is 4.74 Å². The van der Waals surface area contributed by atoms with Gasteiger partial charge in [0.2, 0.25) is 5.91 Å². The lowest BCUT2D eigenvalue weighted by Crippen LogP contribution is -2.50. The molecule has 3 rings (SSSR count). The first-order valence-electron chi connectivity index (χ1n) is 10.8. The minimum Gasteiger partial charge on any atom is -0.376 e. The fourth-order valence-corrected chi connectivity index (χ4v) is 4.94. The number of hydrogen-bond acceptors (Lipinski definition) is 3. The van der Waals surface area contributed by atoms with Crippen LogP contribution in [0, 0.1) is 11.8 Å². The summed E-state index contributed by atoms with van der Waals surface area (Å²) in [7, 11) is 3.56. The quantitative estimate of drug-likeness (QED) is 0.330. The van der Waals surface area contributed by atoms with E-state index in [1.54, 1.807) is 19.0 Å². The number of ether oxygens (including phenoxy) is 1. The summed E-state index contributed by atoms with van der Waals surface area (Å²) >= 11 is 0. The van der Waals surface area contributed by atoms with Crippen molar-refractivity contribution in [2.24, 2.45) is 16.8 Å². The van der Waals surface area contributed by atoms with E-state index in [2.05, 4.69) is 29.5 Å². The number of hydrogen-bond donors (Lipinski definition) is 2. The van der Waals surface area contributed by atoms with Crippen molar-refractivity contribution in [1.82, 2.24) is 15.5 Å². The Morgan fingerprint density at radius 2 is 1.79 bits per heavy atom. The molecule has 3 unspecified atom stereocenters. The zero-order valence-corrected chi connectivity index (χ0v) is 20.3. The molecule has 2 N–H and O–H groups in total. The van der Waals surface area contributed by atoms with Gasteiger partial charge in [-0.2, -0.15) is 0 Å². The lowest BCUT2D eigenvalue weighted by atomic mass is 9.92. The van der Waals surface area contributed by atoms with E-state index in [0.717, 1.165) is 43.5 Å². The van der Waals surface area contributed by atoms with Gasteiger partial charge in [-0.1, -0.05) is 6.42 Å². The topological polar surface area (TPSA) is 66.0 Å². The predicted molar refractivity (Wildman–Crippen MR) is 124 cm³/mol. The number of fused-ring (bicyclic) bond motifs is 2. The molecule has 162 valence electrons. The predicted octanol–water partition coefficient (Wildman–Crippen LogP) is 3.15. The van der Waals surface area contributed by atoms with Crippen molar-refractivity contribution in [1.29, 1.82) is 0 Å². The summed E-state index contributed by atoms with van der Waals surface area (Å²) in [6.07, 6.45) is 10.4. The fraction of sp³-hybridized carbons (Fsp3) is 0.905. The van der Waals surface area contributed by atoms with Crippen molar-refractivity contribution in [2.75, 3.05) is 20.6 Å². The van der Waals surface area contributed by atoms with Gasteiger partial charge in [-0.15, -0.1) is 24.0 Å². The Morgan fingerprint density at radius 1 is 1.07 bits per heavy atom. The molecule has 0 aromatic carbocycles. The average molecular weight is 506 g/mol. The summed E-state index contributed by atoms with van der Waals surface area (Å²) < 4.78 is 5.97. The van der Waals surface area contributed by atoms with Gasteiger partial charge in [0, 0.05) is 26.2 Å². The molecule has 0 spiro atoms. The first-order valence-corrected chi connectivity index (χ1v) is 10.8. The number of rotatable bonds is 6. The number of halogens is 1. The molecule has 28 heavy (non-hydrogen) atoms. The summed E-state index contributed by atoms with van der Waals surface area (Å²) in [4.78, 5) is 18.2. The molecule has 0 aromatic heterocycles. The summed E-state index contributed by atoms with van der Waals surface area (Å²) in [5.41, 5.74) is 0. The minimum absolute atomic E-state index is 0. The van der Waals surface area contributed by atoms with Crippen LogP contribution in [0.2, 0.25) is 0 Å². The first-order chi connectivity index (χ1) is 12.9. The fourth-order valence-electron chi connectivity index (χ4n) is 4.94. The lowest BCUT2D eigenvalue weighted by Gasteiger charge is -2.32. The van der Waals surface area contributed by atoms with Crippen LogP contribution in [0.5, 0.6) is 0 Å². The molecule has 6 nitrogen and oxygen atoms in total. The Morgan fingerprint density at radius 3 is 2.32 bits per heavy atom. The van der Waals surface area contributed by atoms with Gasteiger partial charge in [0.15, 0.2) is 5.96 Å². The molecule has 3 aliphatic carbocycles. The van der Waals surface area contributed by atoms with Crippen LogP contribution in [-0.4, -0.2) is 61.7 Å².